The number of aromatic nitrogens is 2. The van der Waals surface area contributed by atoms with Crippen LogP contribution in [0.3, 0.4) is 0 Å². The lowest BCUT2D eigenvalue weighted by Gasteiger charge is -2.32. The molecular formula is C18H24N4O3. The molecular weight excluding hydrogens is 320 g/mol. The summed E-state index contributed by atoms with van der Waals surface area (Å²) in [5.74, 6) is 2.01. The maximum Gasteiger partial charge on any atom is 0.241 e. The number of para-hydroxylation sites is 1. The van der Waals surface area contributed by atoms with Crippen LogP contribution in [0.1, 0.15) is 18.7 Å². The lowest BCUT2D eigenvalue weighted by Crippen LogP contribution is -2.42. The summed E-state index contributed by atoms with van der Waals surface area (Å²) >= 11 is 0. The molecule has 0 bridgehead atoms. The fraction of sp³-hybridized carbons (Fsp3) is 0.500. The predicted molar refractivity (Wildman–Crippen MR) is 93.0 cm³/mol. The number of likely N-dealkylation sites (tertiary alicyclic amines) is 1. The number of amides is 1. The van der Waals surface area contributed by atoms with Crippen LogP contribution in [0.2, 0.25) is 0 Å². The highest BCUT2D eigenvalue weighted by molar-refractivity contribution is 5.78. The van der Waals surface area contributed by atoms with Crippen LogP contribution in [0.15, 0.2) is 28.8 Å². The first-order valence-corrected chi connectivity index (χ1v) is 8.48. The lowest BCUT2D eigenvalue weighted by molar-refractivity contribution is -0.134. The van der Waals surface area contributed by atoms with E-state index >= 15 is 0 Å². The SMILES string of the molecule is COc1ccccc1-c1noc(CN2CCC[C@H](C(=O)N(C)C)C2)n1. The summed E-state index contributed by atoms with van der Waals surface area (Å²) in [5.41, 5.74) is 0.805. The molecule has 2 aromatic rings. The van der Waals surface area contributed by atoms with Gasteiger partial charge in [-0.2, -0.15) is 4.98 Å². The Morgan fingerprint density at radius 2 is 2.20 bits per heavy atom. The van der Waals surface area contributed by atoms with Gasteiger partial charge in [0.25, 0.3) is 0 Å². The third kappa shape index (κ3) is 3.99. The molecule has 7 nitrogen and oxygen atoms in total. The molecule has 1 aromatic carbocycles. The molecule has 1 aliphatic rings. The number of benzene rings is 1. The van der Waals surface area contributed by atoms with Crippen molar-refractivity contribution < 1.29 is 14.1 Å². The average Bonchev–Trinajstić information content (AvgIpc) is 3.09. The molecule has 0 radical (unpaired) electrons. The predicted octanol–water partition coefficient (Wildman–Crippen LogP) is 2.05. The molecule has 1 aromatic heterocycles. The highest BCUT2D eigenvalue weighted by Gasteiger charge is 2.27. The van der Waals surface area contributed by atoms with Crippen LogP contribution in [0, 0.1) is 5.92 Å². The van der Waals surface area contributed by atoms with Crippen molar-refractivity contribution in [3.63, 3.8) is 0 Å². The molecule has 134 valence electrons. The second kappa shape index (κ2) is 7.65. The molecule has 1 aliphatic heterocycles. The van der Waals surface area contributed by atoms with E-state index < -0.39 is 0 Å². The molecule has 0 aliphatic carbocycles. The minimum atomic E-state index is 0.0420. The van der Waals surface area contributed by atoms with E-state index in [1.54, 1.807) is 26.1 Å². The highest BCUT2D eigenvalue weighted by Crippen LogP contribution is 2.27. The van der Waals surface area contributed by atoms with Crippen LogP contribution < -0.4 is 4.74 Å². The quantitative estimate of drug-likeness (QED) is 0.827. The zero-order valence-electron chi connectivity index (χ0n) is 14.9. The van der Waals surface area contributed by atoms with Gasteiger partial charge in [0.1, 0.15) is 5.75 Å². The molecule has 0 unspecified atom stereocenters. The van der Waals surface area contributed by atoms with Gasteiger partial charge in [0, 0.05) is 20.6 Å². The minimum absolute atomic E-state index is 0.0420. The normalized spacial score (nSPS) is 18.1. The van der Waals surface area contributed by atoms with Crippen LogP contribution in [0.5, 0.6) is 5.75 Å². The van der Waals surface area contributed by atoms with E-state index in [0.717, 1.165) is 31.5 Å². The van der Waals surface area contributed by atoms with Gasteiger partial charge in [0.15, 0.2) is 0 Å². The van der Waals surface area contributed by atoms with Crippen LogP contribution in [0.4, 0.5) is 0 Å². The number of carbonyl (C=O) groups excluding carboxylic acids is 1. The Bertz CT molecular complexity index is 729. The van der Waals surface area contributed by atoms with Crippen LogP contribution in [0.25, 0.3) is 11.4 Å². The second-order valence-corrected chi connectivity index (χ2v) is 6.52. The van der Waals surface area contributed by atoms with Crippen LogP contribution >= 0.6 is 0 Å². The van der Waals surface area contributed by atoms with Crippen molar-refractivity contribution in [3.8, 4) is 17.1 Å². The standard InChI is InChI=1S/C18H24N4O3/c1-21(2)18(23)13-7-6-10-22(11-13)12-16-19-17(20-25-16)14-8-4-5-9-15(14)24-3/h4-5,8-9,13H,6-7,10-12H2,1-3H3/t13-/m0/s1. The van der Waals surface area contributed by atoms with Crippen LogP contribution in [-0.4, -0.2) is 60.1 Å². The molecule has 7 heteroatoms. The van der Waals surface area contributed by atoms with Gasteiger partial charge in [0.05, 0.1) is 25.1 Å². The highest BCUT2D eigenvalue weighted by atomic mass is 16.5. The number of nitrogens with zero attached hydrogens (tertiary/aromatic N) is 4. The zero-order valence-corrected chi connectivity index (χ0v) is 14.9. The van der Waals surface area contributed by atoms with Gasteiger partial charge < -0.3 is 14.2 Å². The second-order valence-electron chi connectivity index (χ2n) is 6.52. The summed E-state index contributed by atoms with van der Waals surface area (Å²) in [6, 6.07) is 7.59. The molecule has 0 saturated carbocycles. The van der Waals surface area contributed by atoms with Crippen LogP contribution in [-0.2, 0) is 11.3 Å². The Morgan fingerprint density at radius 3 is 2.96 bits per heavy atom. The van der Waals surface area contributed by atoms with Crippen molar-refractivity contribution >= 4 is 5.91 Å². The van der Waals surface area contributed by atoms with Crippen molar-refractivity contribution in [1.82, 2.24) is 19.9 Å². The van der Waals surface area contributed by atoms with Gasteiger partial charge in [-0.3, -0.25) is 9.69 Å². The summed E-state index contributed by atoms with van der Waals surface area (Å²) in [7, 11) is 5.23. The zero-order chi connectivity index (χ0) is 17.8. The maximum absolute atomic E-state index is 12.2. The Labute approximate surface area is 147 Å². The Balaban J connectivity index is 1.68. The lowest BCUT2D eigenvalue weighted by atomic mass is 9.97. The largest absolute Gasteiger partial charge is 0.496 e. The molecule has 1 saturated heterocycles. The third-order valence-corrected chi connectivity index (χ3v) is 4.47. The van der Waals surface area contributed by atoms with Crippen molar-refractivity contribution in [1.29, 1.82) is 0 Å². The average molecular weight is 344 g/mol. The summed E-state index contributed by atoms with van der Waals surface area (Å²) in [5, 5.41) is 4.07. The summed E-state index contributed by atoms with van der Waals surface area (Å²) in [6.45, 7) is 2.21. The van der Waals surface area contributed by atoms with Gasteiger partial charge in [-0.05, 0) is 31.5 Å². The van der Waals surface area contributed by atoms with Gasteiger partial charge in [0.2, 0.25) is 17.6 Å². The summed E-state index contributed by atoms with van der Waals surface area (Å²) < 4.78 is 10.8. The monoisotopic (exact) mass is 344 g/mol. The Hall–Kier alpha value is -2.41. The number of hydrogen-bond donors (Lipinski definition) is 0. The number of rotatable bonds is 5. The Morgan fingerprint density at radius 1 is 1.40 bits per heavy atom. The number of ether oxygens (including phenoxy) is 1. The first-order chi connectivity index (χ1) is 12.1. The number of carbonyl (C=O) groups is 1. The van der Waals surface area contributed by atoms with E-state index in [-0.39, 0.29) is 11.8 Å². The molecule has 25 heavy (non-hydrogen) atoms. The van der Waals surface area contributed by atoms with Gasteiger partial charge in [-0.1, -0.05) is 17.3 Å². The molecule has 0 spiro atoms. The van der Waals surface area contributed by atoms with Crippen molar-refractivity contribution in [2.75, 3.05) is 34.3 Å². The van der Waals surface area contributed by atoms with E-state index in [1.165, 1.54) is 0 Å². The number of methoxy groups -OCH3 is 1. The molecule has 1 atom stereocenters. The minimum Gasteiger partial charge on any atom is -0.496 e. The molecule has 1 amide bonds. The van der Waals surface area contributed by atoms with Crippen molar-refractivity contribution in [2.45, 2.75) is 19.4 Å². The molecule has 0 N–H and O–H groups in total. The first-order valence-electron chi connectivity index (χ1n) is 8.48. The third-order valence-electron chi connectivity index (χ3n) is 4.47. The first kappa shape index (κ1) is 17.4. The number of hydrogen-bond acceptors (Lipinski definition) is 6. The molecule has 3 rings (SSSR count). The maximum atomic E-state index is 12.2. The topological polar surface area (TPSA) is 71.7 Å². The number of piperidine rings is 1. The van der Waals surface area contributed by atoms with E-state index in [4.69, 9.17) is 9.26 Å². The van der Waals surface area contributed by atoms with E-state index in [9.17, 15) is 4.79 Å². The van der Waals surface area contributed by atoms with Gasteiger partial charge in [-0.15, -0.1) is 0 Å². The summed E-state index contributed by atoms with van der Waals surface area (Å²) in [6.07, 6.45) is 1.93. The fourth-order valence-electron chi connectivity index (χ4n) is 3.22. The smallest absolute Gasteiger partial charge is 0.241 e. The summed E-state index contributed by atoms with van der Waals surface area (Å²) in [4.78, 5) is 20.6. The van der Waals surface area contributed by atoms with Crippen molar-refractivity contribution in [3.05, 3.63) is 30.2 Å². The molecule has 2 heterocycles. The van der Waals surface area contributed by atoms with Gasteiger partial charge >= 0.3 is 0 Å². The fourth-order valence-corrected chi connectivity index (χ4v) is 3.22. The van der Waals surface area contributed by atoms with Crippen molar-refractivity contribution in [2.24, 2.45) is 5.92 Å². The van der Waals surface area contributed by atoms with E-state index in [0.29, 0.717) is 24.0 Å². The van der Waals surface area contributed by atoms with E-state index in [2.05, 4.69) is 15.0 Å². The molecule has 1 fully saturated rings. The Kier molecular flexibility index (Phi) is 5.33. The van der Waals surface area contributed by atoms with E-state index in [1.807, 2.05) is 24.3 Å². The van der Waals surface area contributed by atoms with Gasteiger partial charge in [-0.25, -0.2) is 0 Å².